The van der Waals surface area contributed by atoms with E-state index in [9.17, 15) is 0 Å². The van der Waals surface area contributed by atoms with Crippen LogP contribution < -0.4 is 14.2 Å². The van der Waals surface area contributed by atoms with Crippen molar-refractivity contribution >= 4 is 6.08 Å². The van der Waals surface area contributed by atoms with Crippen molar-refractivity contribution in [3.8, 4) is 17.2 Å². The molecule has 56 heavy (non-hydrogen) atoms. The average molecular weight is 777 g/mol. The molecule has 0 heterocycles. The Morgan fingerprint density at radius 2 is 0.714 bits per heavy atom. The lowest BCUT2D eigenvalue weighted by Gasteiger charge is -2.19. The molecule has 2 rings (SSSR count). The van der Waals surface area contributed by atoms with Crippen LogP contribution in [0.25, 0.3) is 6.08 Å². The minimum absolute atomic E-state index is 0.491. The van der Waals surface area contributed by atoms with E-state index in [0.717, 1.165) is 53.2 Å². The molecule has 2 aromatic rings. The van der Waals surface area contributed by atoms with Crippen molar-refractivity contribution in [2.75, 3.05) is 19.8 Å². The van der Waals surface area contributed by atoms with Crippen molar-refractivity contribution in [2.24, 2.45) is 0 Å². The molecule has 0 aliphatic carbocycles. The number of rotatable bonds is 41. The molecule has 4 nitrogen and oxygen atoms in total. The third-order valence-corrected chi connectivity index (χ3v) is 11.1. The van der Waals surface area contributed by atoms with Gasteiger partial charge in [-0.3, -0.25) is 0 Å². The second kappa shape index (κ2) is 36.9. The summed E-state index contributed by atoms with van der Waals surface area (Å²) in [6.07, 6.45) is 41.2. The second-order valence-electron chi connectivity index (χ2n) is 16.5. The van der Waals surface area contributed by atoms with E-state index in [-0.39, 0.29) is 0 Å². The summed E-state index contributed by atoms with van der Waals surface area (Å²) in [6.45, 7) is 13.9. The summed E-state index contributed by atoms with van der Waals surface area (Å²) in [4.78, 5) is 0. The summed E-state index contributed by atoms with van der Waals surface area (Å²) in [5.74, 6) is 2.40. The number of benzene rings is 2. The summed E-state index contributed by atoms with van der Waals surface area (Å²) < 4.78 is 26.0. The van der Waals surface area contributed by atoms with Gasteiger partial charge in [0.1, 0.15) is 0 Å². The van der Waals surface area contributed by atoms with Gasteiger partial charge in [0.2, 0.25) is 5.75 Å². The van der Waals surface area contributed by atoms with E-state index in [1.165, 1.54) is 173 Å². The predicted octanol–water partition coefficient (Wildman–Crippen LogP) is 16.9. The number of hydrogen-bond acceptors (Lipinski definition) is 4. The zero-order valence-electron chi connectivity index (χ0n) is 37.1. The first-order valence-corrected chi connectivity index (χ1v) is 24.1. The van der Waals surface area contributed by atoms with Crippen LogP contribution in [0.15, 0.2) is 43.0 Å². The molecule has 0 radical (unpaired) electrons. The molecule has 0 fully saturated rings. The van der Waals surface area contributed by atoms with E-state index >= 15 is 0 Å². The molecule has 0 saturated heterocycles. The fourth-order valence-electron chi connectivity index (χ4n) is 7.41. The molecule has 320 valence electrons. The Morgan fingerprint density at radius 1 is 0.393 bits per heavy atom. The maximum atomic E-state index is 6.59. The highest BCUT2D eigenvalue weighted by Gasteiger charge is 2.17. The van der Waals surface area contributed by atoms with Crippen LogP contribution in [-0.4, -0.2) is 19.8 Å². The van der Waals surface area contributed by atoms with Gasteiger partial charge in [0.25, 0.3) is 0 Å². The van der Waals surface area contributed by atoms with Crippen molar-refractivity contribution in [2.45, 2.75) is 227 Å². The van der Waals surface area contributed by atoms with Crippen LogP contribution in [0.1, 0.15) is 230 Å². The highest BCUT2D eigenvalue weighted by atomic mass is 16.5. The first-order chi connectivity index (χ1) is 27.7. The molecule has 0 aromatic heterocycles. The van der Waals surface area contributed by atoms with E-state index in [1.807, 2.05) is 6.08 Å². The van der Waals surface area contributed by atoms with E-state index in [4.69, 9.17) is 18.9 Å². The summed E-state index contributed by atoms with van der Waals surface area (Å²) in [6, 6.07) is 12.7. The second-order valence-corrected chi connectivity index (χ2v) is 16.5. The number of hydrogen-bond donors (Lipinski definition) is 0. The highest BCUT2D eigenvalue weighted by Crippen LogP contribution is 2.40. The van der Waals surface area contributed by atoms with Crippen molar-refractivity contribution in [1.82, 2.24) is 0 Å². The Kier molecular flexibility index (Phi) is 32.7. The Bertz CT molecular complexity index is 1110. The van der Waals surface area contributed by atoms with Gasteiger partial charge in [-0.15, -0.1) is 0 Å². The lowest BCUT2D eigenvalue weighted by Crippen LogP contribution is -2.07. The van der Waals surface area contributed by atoms with Crippen LogP contribution in [0.2, 0.25) is 0 Å². The molecule has 2 aromatic carbocycles. The maximum absolute atomic E-state index is 6.59. The van der Waals surface area contributed by atoms with Crippen molar-refractivity contribution in [3.63, 3.8) is 0 Å². The Hall–Kier alpha value is -2.46. The molecule has 0 bridgehead atoms. The quantitative estimate of drug-likeness (QED) is 0.0630. The van der Waals surface area contributed by atoms with Gasteiger partial charge in [0, 0.05) is 0 Å². The van der Waals surface area contributed by atoms with Crippen LogP contribution in [0.3, 0.4) is 0 Å². The fraction of sp³-hybridized carbons (Fsp3) is 0.731. The van der Waals surface area contributed by atoms with Gasteiger partial charge in [-0.05, 0) is 48.1 Å². The Balaban J connectivity index is 2.01. The van der Waals surface area contributed by atoms with Gasteiger partial charge in [0.15, 0.2) is 11.5 Å². The summed E-state index contributed by atoms with van der Waals surface area (Å²) in [7, 11) is 0. The molecule has 4 heteroatoms. The molecule has 0 N–H and O–H groups in total. The largest absolute Gasteiger partial charge is 0.490 e. The van der Waals surface area contributed by atoms with E-state index < -0.39 is 0 Å². The van der Waals surface area contributed by atoms with Gasteiger partial charge in [0.05, 0.1) is 33.0 Å². The zero-order valence-corrected chi connectivity index (χ0v) is 37.1. The summed E-state index contributed by atoms with van der Waals surface area (Å²) in [5, 5.41) is 0. The topological polar surface area (TPSA) is 36.9 Å². The standard InChI is InChI=1S/C52H88O4/c1-5-9-12-15-18-21-24-27-30-33-40-54-50-43-49(46-53-45-48-38-36-47(8-4)37-39-48)44-51(55-41-34-31-28-25-22-19-16-13-10-6-2)52(50)56-42-35-32-29-26-23-20-17-14-11-7-3/h8,36-39,43-44H,4-7,9-35,40-42,45-46H2,1-3H3. The smallest absolute Gasteiger partial charge is 0.203 e. The molecular weight excluding hydrogens is 689 g/mol. The molecule has 0 aliphatic rings. The van der Waals surface area contributed by atoms with Crippen molar-refractivity contribution in [3.05, 3.63) is 59.7 Å². The van der Waals surface area contributed by atoms with Crippen LogP contribution in [0.4, 0.5) is 0 Å². The molecule has 0 saturated carbocycles. The molecule has 0 spiro atoms. The molecule has 0 atom stereocenters. The Labute approximate surface area is 347 Å². The third-order valence-electron chi connectivity index (χ3n) is 11.1. The van der Waals surface area contributed by atoms with Gasteiger partial charge < -0.3 is 18.9 Å². The maximum Gasteiger partial charge on any atom is 0.203 e. The van der Waals surface area contributed by atoms with Crippen molar-refractivity contribution < 1.29 is 18.9 Å². The molecule has 0 aliphatic heterocycles. The number of ether oxygens (including phenoxy) is 4. The Morgan fingerprint density at radius 3 is 1.07 bits per heavy atom. The van der Waals surface area contributed by atoms with Gasteiger partial charge in [-0.1, -0.05) is 231 Å². The van der Waals surface area contributed by atoms with Crippen LogP contribution in [-0.2, 0) is 18.0 Å². The van der Waals surface area contributed by atoms with Crippen LogP contribution >= 0.6 is 0 Å². The zero-order chi connectivity index (χ0) is 40.0. The SMILES string of the molecule is C=Cc1ccc(COCc2cc(OCCCCCCCCCCCC)c(OCCCCCCCCCCCC)c(OCCCCCCCCCCCC)c2)cc1. The van der Waals surface area contributed by atoms with Crippen LogP contribution in [0, 0.1) is 0 Å². The lowest BCUT2D eigenvalue weighted by molar-refractivity contribution is 0.106. The van der Waals surface area contributed by atoms with E-state index in [0.29, 0.717) is 33.0 Å². The normalized spacial score (nSPS) is 11.3. The number of unbranched alkanes of at least 4 members (excludes halogenated alkanes) is 27. The van der Waals surface area contributed by atoms with Gasteiger partial charge in [-0.2, -0.15) is 0 Å². The average Bonchev–Trinajstić information content (AvgIpc) is 3.21. The third kappa shape index (κ3) is 26.5. The van der Waals surface area contributed by atoms with Crippen LogP contribution in [0.5, 0.6) is 17.2 Å². The lowest BCUT2D eigenvalue weighted by atomic mass is 10.1. The fourth-order valence-corrected chi connectivity index (χ4v) is 7.41. The first kappa shape index (κ1) is 49.7. The minimum atomic E-state index is 0.491. The van der Waals surface area contributed by atoms with Crippen molar-refractivity contribution in [1.29, 1.82) is 0 Å². The molecule has 0 amide bonds. The molecular formula is C52H88O4. The first-order valence-electron chi connectivity index (χ1n) is 24.1. The highest BCUT2D eigenvalue weighted by molar-refractivity contribution is 5.54. The predicted molar refractivity (Wildman–Crippen MR) is 243 cm³/mol. The van der Waals surface area contributed by atoms with Gasteiger partial charge >= 0.3 is 0 Å². The summed E-state index contributed by atoms with van der Waals surface area (Å²) >= 11 is 0. The van der Waals surface area contributed by atoms with E-state index in [1.54, 1.807) is 0 Å². The minimum Gasteiger partial charge on any atom is -0.490 e. The van der Waals surface area contributed by atoms with Gasteiger partial charge in [-0.25, -0.2) is 0 Å². The monoisotopic (exact) mass is 777 g/mol. The summed E-state index contributed by atoms with van der Waals surface area (Å²) in [5.41, 5.74) is 3.34. The van der Waals surface area contributed by atoms with E-state index in [2.05, 4.69) is 63.7 Å². The molecule has 0 unspecified atom stereocenters.